The van der Waals surface area contributed by atoms with E-state index in [0.717, 1.165) is 39.4 Å². The first-order chi connectivity index (χ1) is 17.4. The Morgan fingerprint density at radius 2 is 1.44 bits per heavy atom. The third-order valence-corrected chi connectivity index (χ3v) is 7.00. The highest BCUT2D eigenvalue weighted by molar-refractivity contribution is 14.1. The Morgan fingerprint density at radius 3 is 1.94 bits per heavy atom. The van der Waals surface area contributed by atoms with Gasteiger partial charge in [-0.25, -0.2) is 0 Å². The lowest BCUT2D eigenvalue weighted by Crippen LogP contribution is -2.40. The van der Waals surface area contributed by atoms with E-state index >= 15 is 0 Å². The maximum Gasteiger partial charge on any atom is 0.258 e. The van der Waals surface area contributed by atoms with Crippen LogP contribution in [0.25, 0.3) is 0 Å². The summed E-state index contributed by atoms with van der Waals surface area (Å²) >= 11 is 4.43. The summed E-state index contributed by atoms with van der Waals surface area (Å²) in [5.41, 5.74) is 0. The molecule has 4 rings (SSSR count). The Balaban J connectivity index is 0.000000201. The summed E-state index contributed by atoms with van der Waals surface area (Å²) in [6, 6.07) is 14.7. The number of ether oxygens (including phenoxy) is 3. The summed E-state index contributed by atoms with van der Waals surface area (Å²) in [6.07, 6.45) is 4.46. The number of rotatable bonds is 9. The second-order valence-corrected chi connectivity index (χ2v) is 10.9. The normalized spacial score (nSPS) is 18.7. The fourth-order valence-corrected chi connectivity index (χ4v) is 4.37. The number of carbonyl (C=O) groups is 3. The van der Waals surface area contributed by atoms with Crippen LogP contribution in [-0.2, 0) is 19.1 Å². The lowest BCUT2D eigenvalue weighted by Gasteiger charge is -2.11. The Morgan fingerprint density at radius 1 is 0.861 bits per heavy atom. The zero-order chi connectivity index (χ0) is 25.8. The molecule has 0 radical (unpaired) electrons. The van der Waals surface area contributed by atoms with Gasteiger partial charge in [-0.05, 0) is 119 Å². The topological polar surface area (TPSA) is 103 Å². The summed E-state index contributed by atoms with van der Waals surface area (Å²) in [6.45, 7) is 1.38. The quantitative estimate of drug-likeness (QED) is 0.382. The standard InChI is InChI=1S/C13H16INO3.C13H14INO3/c14-10-3-5-11(6-4-10)18-9-13(16)15-8-12-2-1-7-17-12;14-9-4-6-10(7-5-9)18-8-13(17)15-11-2-1-3-12(11)16/h3-6,12H,1-2,7-9H2,(H,15,16);4-7,11H,1-3,8H2,(H,15,17)/t;11-/m.0/s1. The Bertz CT molecular complexity index is 994. The van der Waals surface area contributed by atoms with Gasteiger partial charge >= 0.3 is 0 Å². The maximum atomic E-state index is 11.6. The maximum absolute atomic E-state index is 11.6. The van der Waals surface area contributed by atoms with Crippen LogP contribution in [0.3, 0.4) is 0 Å². The fraction of sp³-hybridized carbons (Fsp3) is 0.423. The van der Waals surface area contributed by atoms with Gasteiger partial charge in [-0.2, -0.15) is 0 Å². The van der Waals surface area contributed by atoms with Crippen LogP contribution >= 0.6 is 45.2 Å². The van der Waals surface area contributed by atoms with Crippen LogP contribution < -0.4 is 20.1 Å². The Hall–Kier alpha value is -1.93. The molecule has 2 aromatic rings. The number of Topliss-reactive ketones (excluding diaryl/α,β-unsaturated/α-hetero) is 1. The molecule has 1 heterocycles. The van der Waals surface area contributed by atoms with Crippen LogP contribution in [0.5, 0.6) is 11.5 Å². The van der Waals surface area contributed by atoms with Gasteiger partial charge in [0.05, 0.1) is 12.1 Å². The summed E-state index contributed by atoms with van der Waals surface area (Å²) in [5.74, 6) is 1.14. The van der Waals surface area contributed by atoms with E-state index in [9.17, 15) is 14.4 Å². The molecule has 2 aliphatic rings. The summed E-state index contributed by atoms with van der Waals surface area (Å²) in [7, 11) is 0. The third kappa shape index (κ3) is 10.6. The van der Waals surface area contributed by atoms with Crippen LogP contribution in [0.1, 0.15) is 32.1 Å². The lowest BCUT2D eigenvalue weighted by molar-refractivity contribution is -0.127. The number of halogens is 2. The van der Waals surface area contributed by atoms with Gasteiger partial charge in [0, 0.05) is 26.7 Å². The molecule has 2 amide bonds. The van der Waals surface area contributed by atoms with Crippen LogP contribution in [0.4, 0.5) is 0 Å². The molecule has 1 saturated carbocycles. The second kappa shape index (κ2) is 15.4. The molecule has 2 atom stereocenters. The van der Waals surface area contributed by atoms with Gasteiger partial charge in [-0.15, -0.1) is 0 Å². The molecule has 2 aromatic carbocycles. The van der Waals surface area contributed by atoms with Crippen LogP contribution in [0.2, 0.25) is 0 Å². The average molecular weight is 720 g/mol. The van der Waals surface area contributed by atoms with E-state index in [1.165, 1.54) is 0 Å². The van der Waals surface area contributed by atoms with Gasteiger partial charge in [0.1, 0.15) is 11.5 Å². The van der Waals surface area contributed by atoms with Crippen LogP contribution in [0, 0.1) is 7.14 Å². The minimum Gasteiger partial charge on any atom is -0.484 e. The monoisotopic (exact) mass is 720 g/mol. The van der Waals surface area contributed by atoms with Gasteiger partial charge < -0.3 is 24.8 Å². The molecular weight excluding hydrogens is 690 g/mol. The molecular formula is C26H30I2N2O6. The molecule has 2 fully saturated rings. The lowest BCUT2D eigenvalue weighted by atomic mass is 10.2. The van der Waals surface area contributed by atoms with Crippen molar-refractivity contribution in [2.24, 2.45) is 0 Å². The van der Waals surface area contributed by atoms with Gasteiger partial charge in [-0.1, -0.05) is 0 Å². The van der Waals surface area contributed by atoms with Crippen molar-refractivity contribution in [2.75, 3.05) is 26.4 Å². The summed E-state index contributed by atoms with van der Waals surface area (Å²) in [4.78, 5) is 34.5. The third-order valence-electron chi connectivity index (χ3n) is 5.56. The van der Waals surface area contributed by atoms with E-state index in [4.69, 9.17) is 14.2 Å². The smallest absolute Gasteiger partial charge is 0.258 e. The Labute approximate surface area is 238 Å². The van der Waals surface area contributed by atoms with Gasteiger partial charge in [0.15, 0.2) is 19.0 Å². The fourth-order valence-electron chi connectivity index (χ4n) is 3.65. The highest BCUT2D eigenvalue weighted by atomic mass is 127. The SMILES string of the molecule is O=C(COc1ccc(I)cc1)NCC1CCCO1.O=C(COc1ccc(I)cc1)N[C@H]1CCCC1=O. The van der Waals surface area contributed by atoms with E-state index in [0.29, 0.717) is 24.5 Å². The van der Waals surface area contributed by atoms with Crippen molar-refractivity contribution in [3.8, 4) is 11.5 Å². The zero-order valence-electron chi connectivity index (χ0n) is 19.8. The van der Waals surface area contributed by atoms with E-state index in [-0.39, 0.29) is 43.0 Å². The first-order valence-electron chi connectivity index (χ1n) is 11.9. The van der Waals surface area contributed by atoms with Gasteiger partial charge in [-0.3, -0.25) is 14.4 Å². The Kier molecular flexibility index (Phi) is 12.2. The minimum atomic E-state index is -0.308. The van der Waals surface area contributed by atoms with Gasteiger partial charge in [0.25, 0.3) is 11.8 Å². The van der Waals surface area contributed by atoms with Crippen molar-refractivity contribution in [1.29, 1.82) is 0 Å². The molecule has 0 aromatic heterocycles. The predicted octanol–water partition coefficient (Wildman–Crippen LogP) is 3.87. The number of benzene rings is 2. The molecule has 2 N–H and O–H groups in total. The number of amides is 2. The number of hydrogen-bond acceptors (Lipinski definition) is 6. The molecule has 1 aliphatic carbocycles. The molecule has 10 heteroatoms. The highest BCUT2D eigenvalue weighted by Gasteiger charge is 2.25. The number of carbonyl (C=O) groups excluding carboxylic acids is 3. The average Bonchev–Trinajstić information content (AvgIpc) is 3.54. The molecule has 1 aliphatic heterocycles. The first kappa shape index (κ1) is 28.6. The molecule has 0 spiro atoms. The second-order valence-electron chi connectivity index (χ2n) is 8.40. The minimum absolute atomic E-state index is 0.0489. The largest absolute Gasteiger partial charge is 0.484 e. The molecule has 0 bridgehead atoms. The van der Waals surface area contributed by atoms with Crippen molar-refractivity contribution in [3.05, 3.63) is 55.7 Å². The molecule has 194 valence electrons. The van der Waals surface area contributed by atoms with Crippen molar-refractivity contribution in [3.63, 3.8) is 0 Å². The van der Waals surface area contributed by atoms with Crippen LogP contribution in [0.15, 0.2) is 48.5 Å². The number of hydrogen-bond donors (Lipinski definition) is 2. The zero-order valence-corrected chi connectivity index (χ0v) is 24.2. The van der Waals surface area contributed by atoms with E-state index in [1.807, 2.05) is 48.5 Å². The van der Waals surface area contributed by atoms with Gasteiger partial charge in [0.2, 0.25) is 0 Å². The molecule has 36 heavy (non-hydrogen) atoms. The summed E-state index contributed by atoms with van der Waals surface area (Å²) in [5, 5.41) is 5.51. The van der Waals surface area contributed by atoms with Crippen molar-refractivity contribution < 1.29 is 28.6 Å². The van der Waals surface area contributed by atoms with E-state index < -0.39 is 0 Å². The summed E-state index contributed by atoms with van der Waals surface area (Å²) < 4.78 is 18.4. The van der Waals surface area contributed by atoms with Crippen LogP contribution in [-0.4, -0.2) is 56.1 Å². The highest BCUT2D eigenvalue weighted by Crippen LogP contribution is 2.16. The van der Waals surface area contributed by atoms with Crippen molar-refractivity contribution >= 4 is 62.8 Å². The molecule has 1 saturated heterocycles. The molecule has 8 nitrogen and oxygen atoms in total. The molecule has 1 unspecified atom stereocenters. The predicted molar refractivity (Wildman–Crippen MR) is 152 cm³/mol. The van der Waals surface area contributed by atoms with Crippen molar-refractivity contribution in [2.45, 2.75) is 44.2 Å². The van der Waals surface area contributed by atoms with Crippen molar-refractivity contribution in [1.82, 2.24) is 10.6 Å². The first-order valence-corrected chi connectivity index (χ1v) is 14.0. The number of nitrogens with one attached hydrogen (secondary N) is 2. The van der Waals surface area contributed by atoms with E-state index in [1.54, 1.807) is 0 Å². The van der Waals surface area contributed by atoms with E-state index in [2.05, 4.69) is 55.8 Å². The number of ketones is 1.